The van der Waals surface area contributed by atoms with Crippen LogP contribution in [0.3, 0.4) is 0 Å². The quantitative estimate of drug-likeness (QED) is 0.623. The van der Waals surface area contributed by atoms with Crippen LogP contribution < -0.4 is 11.1 Å². The number of aromatic amines is 1. The number of nitrogens with zero attached hydrogens (tertiary/aromatic N) is 3. The van der Waals surface area contributed by atoms with Crippen molar-refractivity contribution in [1.82, 2.24) is 19.9 Å². The second-order valence-electron chi connectivity index (χ2n) is 3.92. The van der Waals surface area contributed by atoms with Crippen LogP contribution in [-0.4, -0.2) is 25.8 Å². The van der Waals surface area contributed by atoms with Crippen LogP contribution in [0.2, 0.25) is 5.28 Å². The molecule has 0 saturated heterocycles. The lowest BCUT2D eigenvalue weighted by Gasteiger charge is -2.03. The number of aromatic nitrogens is 4. The van der Waals surface area contributed by atoms with E-state index >= 15 is 0 Å². The average Bonchev–Trinajstić information content (AvgIpc) is 3.04. The maximum absolute atomic E-state index is 11.1. The van der Waals surface area contributed by atoms with E-state index in [0.29, 0.717) is 23.5 Å². The maximum Gasteiger partial charge on any atom is 0.284 e. The van der Waals surface area contributed by atoms with Gasteiger partial charge in [0.15, 0.2) is 22.8 Å². The Morgan fingerprint density at radius 2 is 2.30 bits per heavy atom. The standard InChI is InChI=1S/C11H9ClN6O2/c12-11-17-8(14-4-5-2-1-3-20-5)6-9(18-11)16-10(15-6)7(13)19/h1-3H,4H2,(H2,13,19)(H2,14,15,16,17,18). The molecule has 0 bridgehead atoms. The second kappa shape index (κ2) is 4.82. The Labute approximate surface area is 117 Å². The molecule has 3 aromatic rings. The minimum atomic E-state index is -0.684. The zero-order chi connectivity index (χ0) is 14.1. The number of imidazole rings is 1. The van der Waals surface area contributed by atoms with Gasteiger partial charge in [0.2, 0.25) is 5.28 Å². The van der Waals surface area contributed by atoms with E-state index in [1.54, 1.807) is 12.3 Å². The molecule has 0 aliphatic carbocycles. The number of primary amides is 1. The molecule has 0 aliphatic heterocycles. The molecule has 20 heavy (non-hydrogen) atoms. The number of H-pyrrole nitrogens is 1. The van der Waals surface area contributed by atoms with Crippen LogP contribution in [-0.2, 0) is 6.54 Å². The molecule has 0 aliphatic rings. The van der Waals surface area contributed by atoms with Crippen LogP contribution in [0.25, 0.3) is 11.2 Å². The fraction of sp³-hybridized carbons (Fsp3) is 0.0909. The van der Waals surface area contributed by atoms with Crippen LogP contribution in [0.15, 0.2) is 22.8 Å². The van der Waals surface area contributed by atoms with Crippen molar-refractivity contribution >= 4 is 34.5 Å². The van der Waals surface area contributed by atoms with Gasteiger partial charge in [-0.1, -0.05) is 0 Å². The number of furan rings is 1. The zero-order valence-electron chi connectivity index (χ0n) is 10.1. The van der Waals surface area contributed by atoms with Crippen molar-refractivity contribution in [3.05, 3.63) is 35.3 Å². The molecule has 0 radical (unpaired) electrons. The SMILES string of the molecule is NC(=O)c1nc2c(NCc3ccco3)nc(Cl)nc2[nH]1. The van der Waals surface area contributed by atoms with E-state index in [4.69, 9.17) is 21.8 Å². The number of halogens is 1. The monoisotopic (exact) mass is 292 g/mol. The summed E-state index contributed by atoms with van der Waals surface area (Å²) < 4.78 is 5.20. The number of carbonyl (C=O) groups excluding carboxylic acids is 1. The first-order chi connectivity index (χ1) is 9.63. The molecule has 3 aromatic heterocycles. The number of carbonyl (C=O) groups is 1. The molecular formula is C11H9ClN6O2. The van der Waals surface area contributed by atoms with Crippen molar-refractivity contribution in [3.8, 4) is 0 Å². The minimum Gasteiger partial charge on any atom is -0.467 e. The van der Waals surface area contributed by atoms with Crippen molar-refractivity contribution in [3.63, 3.8) is 0 Å². The highest BCUT2D eigenvalue weighted by Crippen LogP contribution is 2.20. The van der Waals surface area contributed by atoms with E-state index in [1.807, 2.05) is 6.07 Å². The number of nitrogens with two attached hydrogens (primary N) is 1. The molecule has 8 nitrogen and oxygen atoms in total. The molecule has 3 rings (SSSR count). The smallest absolute Gasteiger partial charge is 0.284 e. The Morgan fingerprint density at radius 3 is 3.00 bits per heavy atom. The van der Waals surface area contributed by atoms with Gasteiger partial charge >= 0.3 is 0 Å². The molecule has 3 heterocycles. The molecule has 4 N–H and O–H groups in total. The van der Waals surface area contributed by atoms with Crippen molar-refractivity contribution in [2.24, 2.45) is 5.73 Å². The molecule has 0 aromatic carbocycles. The molecule has 0 fully saturated rings. The van der Waals surface area contributed by atoms with Crippen LogP contribution in [0.5, 0.6) is 0 Å². The minimum absolute atomic E-state index is 0.00221. The fourth-order valence-electron chi connectivity index (χ4n) is 1.70. The van der Waals surface area contributed by atoms with E-state index in [2.05, 4.69) is 25.3 Å². The molecule has 102 valence electrons. The largest absolute Gasteiger partial charge is 0.467 e. The Kier molecular flexibility index (Phi) is 2.99. The highest BCUT2D eigenvalue weighted by molar-refractivity contribution is 6.28. The normalized spacial score (nSPS) is 10.8. The molecule has 9 heteroatoms. The van der Waals surface area contributed by atoms with E-state index in [9.17, 15) is 4.79 Å². The Morgan fingerprint density at radius 1 is 1.45 bits per heavy atom. The number of hydrogen-bond acceptors (Lipinski definition) is 6. The lowest BCUT2D eigenvalue weighted by molar-refractivity contribution is 0.0991. The first kappa shape index (κ1) is 12.4. The fourth-order valence-corrected chi connectivity index (χ4v) is 1.87. The first-order valence-electron chi connectivity index (χ1n) is 5.63. The van der Waals surface area contributed by atoms with Crippen LogP contribution in [0, 0.1) is 0 Å². The number of nitrogens with one attached hydrogen (secondary N) is 2. The lowest BCUT2D eigenvalue weighted by atomic mass is 10.4. The summed E-state index contributed by atoms with van der Waals surface area (Å²) in [6.07, 6.45) is 1.57. The van der Waals surface area contributed by atoms with Gasteiger partial charge in [-0.15, -0.1) is 0 Å². The first-order valence-corrected chi connectivity index (χ1v) is 6.00. The maximum atomic E-state index is 11.1. The number of anilines is 1. The van der Waals surface area contributed by atoms with Crippen molar-refractivity contribution in [1.29, 1.82) is 0 Å². The van der Waals surface area contributed by atoms with Crippen molar-refractivity contribution < 1.29 is 9.21 Å². The zero-order valence-corrected chi connectivity index (χ0v) is 10.8. The van der Waals surface area contributed by atoms with Crippen LogP contribution in [0.1, 0.15) is 16.4 Å². The van der Waals surface area contributed by atoms with Gasteiger partial charge in [0.05, 0.1) is 12.8 Å². The predicted molar refractivity (Wildman–Crippen MR) is 71.2 cm³/mol. The topological polar surface area (TPSA) is 123 Å². The highest BCUT2D eigenvalue weighted by atomic mass is 35.5. The second-order valence-corrected chi connectivity index (χ2v) is 4.26. The summed E-state index contributed by atoms with van der Waals surface area (Å²) in [4.78, 5) is 25.8. The van der Waals surface area contributed by atoms with Gasteiger partial charge in [-0.25, -0.2) is 4.98 Å². The third kappa shape index (κ3) is 2.28. The number of fused-ring (bicyclic) bond motifs is 1. The summed E-state index contributed by atoms with van der Waals surface area (Å²) >= 11 is 5.82. The summed E-state index contributed by atoms with van der Waals surface area (Å²) in [5.41, 5.74) is 5.89. The van der Waals surface area contributed by atoms with E-state index < -0.39 is 5.91 Å². The average molecular weight is 293 g/mol. The van der Waals surface area contributed by atoms with Gasteiger partial charge in [-0.2, -0.15) is 9.97 Å². The van der Waals surface area contributed by atoms with Gasteiger partial charge in [-0.3, -0.25) is 4.79 Å². The third-order valence-corrected chi connectivity index (χ3v) is 2.73. The summed E-state index contributed by atoms with van der Waals surface area (Å²) in [6, 6.07) is 3.59. The van der Waals surface area contributed by atoms with Gasteiger partial charge in [0, 0.05) is 0 Å². The lowest BCUT2D eigenvalue weighted by Crippen LogP contribution is -2.12. The summed E-state index contributed by atoms with van der Waals surface area (Å²) in [5.74, 6) is 0.424. The van der Waals surface area contributed by atoms with Gasteiger partial charge < -0.3 is 20.5 Å². The van der Waals surface area contributed by atoms with E-state index in [1.165, 1.54) is 0 Å². The summed E-state index contributed by atoms with van der Waals surface area (Å²) in [5, 5.41) is 3.05. The van der Waals surface area contributed by atoms with Gasteiger partial charge in [-0.05, 0) is 23.7 Å². The molecule has 0 atom stereocenters. The molecule has 0 saturated carbocycles. The molecule has 1 amide bonds. The van der Waals surface area contributed by atoms with Gasteiger partial charge in [0.25, 0.3) is 5.91 Å². The Balaban J connectivity index is 1.98. The van der Waals surface area contributed by atoms with Crippen molar-refractivity contribution in [2.75, 3.05) is 5.32 Å². The molecule has 0 unspecified atom stereocenters. The van der Waals surface area contributed by atoms with Crippen LogP contribution >= 0.6 is 11.6 Å². The summed E-state index contributed by atoms with van der Waals surface area (Å²) in [6.45, 7) is 0.397. The van der Waals surface area contributed by atoms with E-state index in [-0.39, 0.29) is 11.1 Å². The summed E-state index contributed by atoms with van der Waals surface area (Å²) in [7, 11) is 0. The number of hydrogen-bond donors (Lipinski definition) is 3. The third-order valence-electron chi connectivity index (χ3n) is 2.56. The number of amides is 1. The highest BCUT2D eigenvalue weighted by Gasteiger charge is 2.14. The van der Waals surface area contributed by atoms with Crippen molar-refractivity contribution in [2.45, 2.75) is 6.54 Å². The van der Waals surface area contributed by atoms with Gasteiger partial charge in [0.1, 0.15) is 5.76 Å². The molecular weight excluding hydrogens is 284 g/mol. The van der Waals surface area contributed by atoms with E-state index in [0.717, 1.165) is 5.76 Å². The Bertz CT molecular complexity index is 767. The number of rotatable bonds is 4. The predicted octanol–water partition coefficient (Wildman–Crippen LogP) is 1.31. The Hall–Kier alpha value is -2.61. The van der Waals surface area contributed by atoms with Crippen LogP contribution in [0.4, 0.5) is 5.82 Å². The molecule has 0 spiro atoms.